The number of carbonyl (C=O) groups excluding carboxylic acids is 3. The van der Waals surface area contributed by atoms with Crippen molar-refractivity contribution >= 4 is 36.0 Å². The summed E-state index contributed by atoms with van der Waals surface area (Å²) in [5.74, 6) is -0.506. The molecule has 0 aliphatic carbocycles. The second-order valence-electron chi connectivity index (χ2n) is 8.72. The summed E-state index contributed by atoms with van der Waals surface area (Å²) >= 11 is 1.52. The molecule has 3 rings (SSSR count). The number of β-lactam (4-membered cyclic amide) rings is 1. The maximum Gasteiger partial charge on any atom is 0.516 e. The predicted octanol–water partition coefficient (Wildman–Crippen LogP) is 3.64. The SMILES string of the molecule is CCC(C)(C)C=N[C@@H]1C(=O)N2[C@@H]1SC(C)(C)[C@@H]2C(=O)OCOC(=O)Oc1ccccc1. The number of esters is 1. The maximum absolute atomic E-state index is 12.7. The van der Waals surface area contributed by atoms with Gasteiger partial charge in [0.25, 0.3) is 5.91 Å². The molecule has 1 aromatic rings. The highest BCUT2D eigenvalue weighted by Crippen LogP contribution is 2.52. The van der Waals surface area contributed by atoms with Crippen LogP contribution in [-0.2, 0) is 19.1 Å². The van der Waals surface area contributed by atoms with Gasteiger partial charge in [-0.3, -0.25) is 9.79 Å². The second kappa shape index (κ2) is 8.90. The highest BCUT2D eigenvalue weighted by atomic mass is 32.2. The molecule has 8 nitrogen and oxygen atoms in total. The van der Waals surface area contributed by atoms with Crippen molar-refractivity contribution < 1.29 is 28.6 Å². The van der Waals surface area contributed by atoms with E-state index < -0.39 is 35.7 Å². The average Bonchev–Trinajstić information content (AvgIpc) is 2.96. The molecule has 2 heterocycles. The van der Waals surface area contributed by atoms with Gasteiger partial charge in [-0.05, 0) is 37.8 Å². The molecule has 0 aromatic heterocycles. The lowest BCUT2D eigenvalue weighted by Gasteiger charge is -2.42. The van der Waals surface area contributed by atoms with E-state index in [0.29, 0.717) is 5.75 Å². The molecule has 0 radical (unpaired) electrons. The number of rotatable bonds is 7. The van der Waals surface area contributed by atoms with Crippen LogP contribution in [0, 0.1) is 5.41 Å². The molecule has 9 heteroatoms. The highest BCUT2D eigenvalue weighted by Gasteiger charge is 2.64. The fraction of sp³-hybridized carbons (Fsp3) is 0.545. The zero-order valence-corrected chi connectivity index (χ0v) is 19.2. The zero-order chi connectivity index (χ0) is 22.8. The number of benzene rings is 1. The standard InChI is InChI=1S/C22H28N2O6S/c1-6-21(2,3)12-23-15-17(25)24-16(22(4,5)31-18(15)24)19(26)28-13-29-20(27)30-14-10-8-7-9-11-14/h7-12,15-16,18H,6,13H2,1-5H3/t15-,16+,18-/m1/s1. The third-order valence-electron chi connectivity index (χ3n) is 5.45. The quantitative estimate of drug-likeness (QED) is 0.207. The van der Waals surface area contributed by atoms with Gasteiger partial charge in [-0.15, -0.1) is 11.8 Å². The van der Waals surface area contributed by atoms with E-state index in [1.165, 1.54) is 16.7 Å². The molecule has 1 aromatic carbocycles. The number of ether oxygens (including phenoxy) is 3. The molecule has 2 fully saturated rings. The number of fused-ring (bicyclic) bond motifs is 1. The third-order valence-corrected chi connectivity index (χ3v) is 7.01. The van der Waals surface area contributed by atoms with Gasteiger partial charge < -0.3 is 19.1 Å². The Morgan fingerprint density at radius 1 is 1.23 bits per heavy atom. The summed E-state index contributed by atoms with van der Waals surface area (Å²) < 4.78 is 14.4. The fourth-order valence-electron chi connectivity index (χ4n) is 3.31. The normalized spacial score (nSPS) is 24.5. The number of hydrogen-bond acceptors (Lipinski definition) is 8. The lowest BCUT2D eigenvalue weighted by molar-refractivity contribution is -0.168. The Kier molecular flexibility index (Phi) is 6.64. The van der Waals surface area contributed by atoms with Crippen LogP contribution < -0.4 is 4.74 Å². The minimum Gasteiger partial charge on any atom is -0.426 e. The molecule has 3 atom stereocenters. The smallest absolute Gasteiger partial charge is 0.426 e. The molecule has 0 unspecified atom stereocenters. The van der Waals surface area contributed by atoms with E-state index in [0.717, 1.165) is 6.42 Å². The van der Waals surface area contributed by atoms with Gasteiger partial charge in [0.05, 0.1) is 0 Å². The summed E-state index contributed by atoms with van der Waals surface area (Å²) in [6, 6.07) is 7.13. The summed E-state index contributed by atoms with van der Waals surface area (Å²) in [6.07, 6.45) is 1.76. The lowest BCUT2D eigenvalue weighted by Crippen LogP contribution is -2.65. The number of para-hydroxylation sites is 1. The average molecular weight is 449 g/mol. The Bertz CT molecular complexity index is 870. The minimum absolute atomic E-state index is 0.0937. The van der Waals surface area contributed by atoms with Crippen molar-refractivity contribution in [3.63, 3.8) is 0 Å². The molecule has 1 amide bonds. The Hall–Kier alpha value is -2.55. The molecule has 31 heavy (non-hydrogen) atoms. The monoisotopic (exact) mass is 448 g/mol. The Balaban J connectivity index is 1.55. The molecule has 2 aliphatic rings. The second-order valence-corrected chi connectivity index (χ2v) is 10.5. The van der Waals surface area contributed by atoms with Gasteiger partial charge >= 0.3 is 12.1 Å². The maximum atomic E-state index is 12.7. The van der Waals surface area contributed by atoms with Crippen molar-refractivity contribution in [2.45, 2.75) is 63.2 Å². The van der Waals surface area contributed by atoms with E-state index >= 15 is 0 Å². The topological polar surface area (TPSA) is 94.5 Å². The molecular formula is C22H28N2O6S. The van der Waals surface area contributed by atoms with Gasteiger partial charge in [-0.1, -0.05) is 39.0 Å². The largest absolute Gasteiger partial charge is 0.516 e. The van der Waals surface area contributed by atoms with E-state index in [1.807, 2.05) is 20.1 Å². The van der Waals surface area contributed by atoms with Crippen LogP contribution in [0.4, 0.5) is 4.79 Å². The van der Waals surface area contributed by atoms with Gasteiger partial charge in [0, 0.05) is 11.0 Å². The third kappa shape index (κ3) is 5.03. The van der Waals surface area contributed by atoms with E-state index in [1.54, 1.807) is 30.3 Å². The van der Waals surface area contributed by atoms with Crippen molar-refractivity contribution in [1.82, 2.24) is 4.90 Å². The molecule has 0 bridgehead atoms. The Morgan fingerprint density at radius 2 is 1.90 bits per heavy atom. The van der Waals surface area contributed by atoms with Crippen molar-refractivity contribution in [1.29, 1.82) is 0 Å². The first kappa shape index (κ1) is 23.1. The summed E-state index contributed by atoms with van der Waals surface area (Å²) in [4.78, 5) is 43.2. The molecular weight excluding hydrogens is 420 g/mol. The first-order valence-corrected chi connectivity index (χ1v) is 11.0. The van der Waals surface area contributed by atoms with Gasteiger partial charge in [-0.25, -0.2) is 9.59 Å². The molecule has 0 saturated carbocycles. The van der Waals surface area contributed by atoms with Gasteiger partial charge in [0.15, 0.2) is 6.04 Å². The molecule has 168 valence electrons. The van der Waals surface area contributed by atoms with E-state index in [2.05, 4.69) is 25.8 Å². The molecule has 0 N–H and O–H groups in total. The number of amides is 1. The number of carbonyl (C=O) groups is 3. The van der Waals surface area contributed by atoms with Crippen LogP contribution >= 0.6 is 11.8 Å². The van der Waals surface area contributed by atoms with Crippen molar-refractivity contribution in [3.8, 4) is 5.75 Å². The first-order valence-electron chi connectivity index (χ1n) is 10.2. The predicted molar refractivity (Wildman–Crippen MR) is 117 cm³/mol. The van der Waals surface area contributed by atoms with Crippen LogP contribution in [0.1, 0.15) is 41.0 Å². The Morgan fingerprint density at radius 3 is 2.55 bits per heavy atom. The van der Waals surface area contributed by atoms with E-state index in [-0.39, 0.29) is 16.7 Å². The van der Waals surface area contributed by atoms with Crippen LogP contribution in [0.3, 0.4) is 0 Å². The van der Waals surface area contributed by atoms with E-state index in [4.69, 9.17) is 14.2 Å². The van der Waals surface area contributed by atoms with Crippen LogP contribution in [0.5, 0.6) is 5.75 Å². The first-order chi connectivity index (χ1) is 14.6. The molecule has 2 saturated heterocycles. The van der Waals surface area contributed by atoms with Crippen molar-refractivity contribution in [2.24, 2.45) is 10.4 Å². The van der Waals surface area contributed by atoms with Crippen LogP contribution in [0.2, 0.25) is 0 Å². The van der Waals surface area contributed by atoms with E-state index in [9.17, 15) is 14.4 Å². The van der Waals surface area contributed by atoms with Crippen molar-refractivity contribution in [3.05, 3.63) is 30.3 Å². The molecule has 0 spiro atoms. The summed E-state index contributed by atoms with van der Waals surface area (Å²) in [5.41, 5.74) is -0.0937. The van der Waals surface area contributed by atoms with Crippen LogP contribution in [-0.4, -0.2) is 58.1 Å². The van der Waals surface area contributed by atoms with Crippen LogP contribution in [0.25, 0.3) is 0 Å². The Labute approximate surface area is 186 Å². The minimum atomic E-state index is -0.982. The van der Waals surface area contributed by atoms with Gasteiger partial charge in [0.2, 0.25) is 6.79 Å². The summed E-state index contributed by atoms with van der Waals surface area (Å²) in [6.45, 7) is 9.37. The van der Waals surface area contributed by atoms with Gasteiger partial charge in [0.1, 0.15) is 17.2 Å². The lowest BCUT2D eigenvalue weighted by atomic mass is 9.91. The highest BCUT2D eigenvalue weighted by molar-refractivity contribution is 8.01. The fourth-order valence-corrected chi connectivity index (χ4v) is 4.93. The zero-order valence-electron chi connectivity index (χ0n) is 18.4. The number of hydrogen-bond donors (Lipinski definition) is 0. The number of nitrogens with zero attached hydrogens (tertiary/aromatic N) is 2. The summed E-state index contributed by atoms with van der Waals surface area (Å²) in [5, 5.41) is -0.215. The van der Waals surface area contributed by atoms with Crippen LogP contribution in [0.15, 0.2) is 35.3 Å². The van der Waals surface area contributed by atoms with Gasteiger partial charge in [-0.2, -0.15) is 0 Å². The molecule has 2 aliphatic heterocycles. The number of thioether (sulfide) groups is 1. The van der Waals surface area contributed by atoms with Crippen molar-refractivity contribution in [2.75, 3.05) is 6.79 Å². The number of aliphatic imine (C=N–C) groups is 1. The summed E-state index contributed by atoms with van der Waals surface area (Å²) in [7, 11) is 0.